The number of aryl methyl sites for hydroxylation is 2. The van der Waals surface area contributed by atoms with Gasteiger partial charge in [0.25, 0.3) is 0 Å². The van der Waals surface area contributed by atoms with Gasteiger partial charge in [-0.25, -0.2) is 0 Å². The second-order valence-electron chi connectivity index (χ2n) is 3.33. The maximum absolute atomic E-state index is 5.25. The van der Waals surface area contributed by atoms with E-state index in [0.717, 1.165) is 24.3 Å². The summed E-state index contributed by atoms with van der Waals surface area (Å²) in [4.78, 5) is 0. The van der Waals surface area contributed by atoms with Crippen molar-refractivity contribution in [2.45, 2.75) is 46.5 Å². The van der Waals surface area contributed by atoms with E-state index in [9.17, 15) is 0 Å². The zero-order chi connectivity index (χ0) is 9.14. The van der Waals surface area contributed by atoms with Crippen LogP contribution in [0.25, 0.3) is 0 Å². The SMILES string of the molecule is CCc1noc(CC)c1C(C)C. The summed E-state index contributed by atoms with van der Waals surface area (Å²) >= 11 is 0. The molecule has 0 saturated heterocycles. The highest BCUT2D eigenvalue weighted by Crippen LogP contribution is 2.24. The first kappa shape index (κ1) is 9.30. The number of rotatable bonds is 3. The first-order valence-corrected chi connectivity index (χ1v) is 4.68. The largest absolute Gasteiger partial charge is 0.361 e. The van der Waals surface area contributed by atoms with Crippen LogP contribution in [0.5, 0.6) is 0 Å². The Morgan fingerprint density at radius 1 is 1.25 bits per heavy atom. The van der Waals surface area contributed by atoms with Gasteiger partial charge < -0.3 is 4.52 Å². The van der Waals surface area contributed by atoms with Gasteiger partial charge in [-0.3, -0.25) is 0 Å². The van der Waals surface area contributed by atoms with Gasteiger partial charge in [-0.15, -0.1) is 0 Å². The van der Waals surface area contributed by atoms with Crippen LogP contribution in [0.3, 0.4) is 0 Å². The number of hydrogen-bond donors (Lipinski definition) is 0. The van der Waals surface area contributed by atoms with E-state index in [4.69, 9.17) is 4.52 Å². The molecule has 1 rings (SSSR count). The minimum Gasteiger partial charge on any atom is -0.361 e. The van der Waals surface area contributed by atoms with E-state index < -0.39 is 0 Å². The molecule has 0 fully saturated rings. The van der Waals surface area contributed by atoms with Gasteiger partial charge >= 0.3 is 0 Å². The summed E-state index contributed by atoms with van der Waals surface area (Å²) in [6.45, 7) is 8.59. The summed E-state index contributed by atoms with van der Waals surface area (Å²) in [6.07, 6.45) is 1.91. The Morgan fingerprint density at radius 3 is 2.33 bits per heavy atom. The van der Waals surface area contributed by atoms with Crippen molar-refractivity contribution in [2.75, 3.05) is 0 Å². The van der Waals surface area contributed by atoms with Crippen LogP contribution < -0.4 is 0 Å². The number of nitrogens with zero attached hydrogens (tertiary/aromatic N) is 1. The van der Waals surface area contributed by atoms with Crippen LogP contribution >= 0.6 is 0 Å². The van der Waals surface area contributed by atoms with E-state index in [1.807, 2.05) is 0 Å². The molecule has 0 spiro atoms. The summed E-state index contributed by atoms with van der Waals surface area (Å²) in [7, 11) is 0. The Labute approximate surface area is 74.0 Å². The van der Waals surface area contributed by atoms with Crippen molar-refractivity contribution in [3.05, 3.63) is 17.0 Å². The minimum absolute atomic E-state index is 0.529. The predicted molar refractivity (Wildman–Crippen MR) is 49.3 cm³/mol. The molecule has 0 radical (unpaired) electrons. The molecule has 0 aliphatic rings. The van der Waals surface area contributed by atoms with E-state index in [-0.39, 0.29) is 0 Å². The van der Waals surface area contributed by atoms with Crippen molar-refractivity contribution in [3.63, 3.8) is 0 Å². The highest BCUT2D eigenvalue weighted by molar-refractivity contribution is 5.26. The average molecular weight is 167 g/mol. The molecule has 0 saturated carbocycles. The van der Waals surface area contributed by atoms with Gasteiger partial charge in [0.2, 0.25) is 0 Å². The lowest BCUT2D eigenvalue weighted by Crippen LogP contribution is -1.95. The third-order valence-corrected chi connectivity index (χ3v) is 2.11. The Morgan fingerprint density at radius 2 is 1.92 bits per heavy atom. The molecule has 1 aromatic heterocycles. The molecule has 1 aromatic rings. The third kappa shape index (κ3) is 1.52. The maximum Gasteiger partial charge on any atom is 0.140 e. The molecular weight excluding hydrogens is 150 g/mol. The normalized spacial score (nSPS) is 11.1. The minimum atomic E-state index is 0.529. The lowest BCUT2D eigenvalue weighted by atomic mass is 9.99. The quantitative estimate of drug-likeness (QED) is 0.691. The van der Waals surface area contributed by atoms with Crippen LogP contribution in [-0.2, 0) is 12.8 Å². The molecule has 0 N–H and O–H groups in total. The van der Waals surface area contributed by atoms with Gasteiger partial charge in [0.1, 0.15) is 5.76 Å². The molecular formula is C10H17NO. The Bertz CT molecular complexity index is 229. The topological polar surface area (TPSA) is 26.0 Å². The van der Waals surface area contributed by atoms with Crippen molar-refractivity contribution in [1.29, 1.82) is 0 Å². The summed E-state index contributed by atoms with van der Waals surface area (Å²) in [5, 5.41) is 4.05. The lowest BCUT2D eigenvalue weighted by molar-refractivity contribution is 0.379. The van der Waals surface area contributed by atoms with Crippen LogP contribution in [0.2, 0.25) is 0 Å². The summed E-state index contributed by atoms with van der Waals surface area (Å²) in [5.74, 6) is 1.59. The molecule has 0 aromatic carbocycles. The van der Waals surface area contributed by atoms with Crippen LogP contribution in [-0.4, -0.2) is 5.16 Å². The van der Waals surface area contributed by atoms with E-state index in [2.05, 4.69) is 32.9 Å². The predicted octanol–water partition coefficient (Wildman–Crippen LogP) is 2.92. The Hall–Kier alpha value is -0.790. The Kier molecular flexibility index (Phi) is 2.90. The van der Waals surface area contributed by atoms with Gasteiger partial charge in [-0.2, -0.15) is 0 Å². The van der Waals surface area contributed by atoms with E-state index in [1.165, 1.54) is 5.56 Å². The molecule has 0 amide bonds. The van der Waals surface area contributed by atoms with Crippen molar-refractivity contribution in [1.82, 2.24) is 5.16 Å². The molecule has 0 unspecified atom stereocenters. The first-order chi connectivity index (χ1) is 5.70. The zero-order valence-electron chi connectivity index (χ0n) is 8.35. The molecule has 2 heteroatoms. The summed E-state index contributed by atoms with van der Waals surface area (Å²) in [5.41, 5.74) is 2.45. The molecule has 0 aliphatic carbocycles. The van der Waals surface area contributed by atoms with Gasteiger partial charge in [-0.05, 0) is 12.3 Å². The second-order valence-corrected chi connectivity index (χ2v) is 3.33. The van der Waals surface area contributed by atoms with E-state index >= 15 is 0 Å². The van der Waals surface area contributed by atoms with Gasteiger partial charge in [-0.1, -0.05) is 32.9 Å². The van der Waals surface area contributed by atoms with Crippen molar-refractivity contribution < 1.29 is 4.52 Å². The number of aromatic nitrogens is 1. The van der Waals surface area contributed by atoms with Crippen LogP contribution in [0, 0.1) is 0 Å². The molecule has 0 bridgehead atoms. The fourth-order valence-electron chi connectivity index (χ4n) is 1.53. The fourth-order valence-corrected chi connectivity index (χ4v) is 1.53. The molecule has 0 atom stereocenters. The molecule has 12 heavy (non-hydrogen) atoms. The molecule has 68 valence electrons. The van der Waals surface area contributed by atoms with Crippen molar-refractivity contribution in [3.8, 4) is 0 Å². The second kappa shape index (κ2) is 3.74. The zero-order valence-corrected chi connectivity index (χ0v) is 8.35. The van der Waals surface area contributed by atoms with E-state index in [1.54, 1.807) is 0 Å². The Balaban J connectivity index is 3.07. The van der Waals surface area contributed by atoms with Gasteiger partial charge in [0, 0.05) is 12.0 Å². The van der Waals surface area contributed by atoms with E-state index in [0.29, 0.717) is 5.92 Å². The maximum atomic E-state index is 5.25. The standard InChI is InChI=1S/C10H17NO/c1-5-8-10(7(3)4)9(6-2)12-11-8/h7H,5-6H2,1-4H3. The first-order valence-electron chi connectivity index (χ1n) is 4.68. The summed E-state index contributed by atoms with van der Waals surface area (Å²) < 4.78 is 5.25. The summed E-state index contributed by atoms with van der Waals surface area (Å²) in [6, 6.07) is 0. The average Bonchev–Trinajstić information content (AvgIpc) is 2.46. The number of hydrogen-bond acceptors (Lipinski definition) is 2. The third-order valence-electron chi connectivity index (χ3n) is 2.11. The smallest absolute Gasteiger partial charge is 0.140 e. The molecule has 1 heterocycles. The van der Waals surface area contributed by atoms with Crippen LogP contribution in [0.4, 0.5) is 0 Å². The highest BCUT2D eigenvalue weighted by atomic mass is 16.5. The van der Waals surface area contributed by atoms with Gasteiger partial charge in [0.15, 0.2) is 0 Å². The van der Waals surface area contributed by atoms with Crippen LogP contribution in [0.1, 0.15) is 50.6 Å². The monoisotopic (exact) mass is 167 g/mol. The lowest BCUT2D eigenvalue weighted by Gasteiger charge is -2.04. The van der Waals surface area contributed by atoms with Gasteiger partial charge in [0.05, 0.1) is 5.69 Å². The highest BCUT2D eigenvalue weighted by Gasteiger charge is 2.15. The molecule has 2 nitrogen and oxygen atoms in total. The molecule has 0 aliphatic heterocycles. The van der Waals surface area contributed by atoms with Crippen molar-refractivity contribution in [2.24, 2.45) is 0 Å². The van der Waals surface area contributed by atoms with Crippen LogP contribution in [0.15, 0.2) is 4.52 Å². The fraction of sp³-hybridized carbons (Fsp3) is 0.700. The van der Waals surface area contributed by atoms with Crippen molar-refractivity contribution >= 4 is 0 Å².